The standard InChI is InChI=1S/C30H35Cl2N3O6S/c1-6-20(2)33-30(37)21(3)34(18-22-11-12-23(31)17-26(22)32)29(36)19-35(27-9-7-8-10-28(27)41-5)42(38,39)25-15-13-24(40-4)14-16-25/h7-17,20-21H,6,18-19H2,1-5H3,(H,33,37)/t20-,21-/m0/s1. The predicted molar refractivity (Wildman–Crippen MR) is 165 cm³/mol. The third-order valence-corrected chi connectivity index (χ3v) is 9.17. The Morgan fingerprint density at radius 3 is 2.21 bits per heavy atom. The minimum absolute atomic E-state index is 0.0585. The van der Waals surface area contributed by atoms with Crippen LogP contribution in [0.15, 0.2) is 71.6 Å². The second kappa shape index (κ2) is 14.6. The monoisotopic (exact) mass is 635 g/mol. The number of carbonyl (C=O) groups excluding carboxylic acids is 2. The number of amides is 2. The Morgan fingerprint density at radius 2 is 1.62 bits per heavy atom. The summed E-state index contributed by atoms with van der Waals surface area (Å²) < 4.78 is 39.7. The molecular formula is C30H35Cl2N3O6S. The van der Waals surface area contributed by atoms with Crippen LogP contribution in [0, 0.1) is 0 Å². The van der Waals surface area contributed by atoms with Gasteiger partial charge in [-0.3, -0.25) is 13.9 Å². The fourth-order valence-corrected chi connectivity index (χ4v) is 6.00. The maximum atomic E-state index is 14.1. The molecule has 0 saturated carbocycles. The van der Waals surface area contributed by atoms with Crippen molar-refractivity contribution in [2.75, 3.05) is 25.1 Å². The van der Waals surface area contributed by atoms with Crippen molar-refractivity contribution in [3.63, 3.8) is 0 Å². The molecule has 0 aliphatic rings. The highest BCUT2D eigenvalue weighted by Gasteiger charge is 2.34. The van der Waals surface area contributed by atoms with Crippen molar-refractivity contribution in [3.05, 3.63) is 82.3 Å². The maximum Gasteiger partial charge on any atom is 0.264 e. The molecule has 2 atom stereocenters. The zero-order valence-corrected chi connectivity index (χ0v) is 26.5. The number of ether oxygens (including phenoxy) is 2. The molecule has 3 aromatic rings. The average Bonchev–Trinajstić information content (AvgIpc) is 2.98. The topological polar surface area (TPSA) is 105 Å². The van der Waals surface area contributed by atoms with Crippen molar-refractivity contribution in [2.45, 2.75) is 50.7 Å². The summed E-state index contributed by atoms with van der Waals surface area (Å²) in [5.41, 5.74) is 0.699. The van der Waals surface area contributed by atoms with Crippen molar-refractivity contribution in [2.24, 2.45) is 0 Å². The van der Waals surface area contributed by atoms with E-state index in [4.69, 9.17) is 32.7 Å². The second-order valence-corrected chi connectivity index (χ2v) is 12.3. The van der Waals surface area contributed by atoms with E-state index in [0.29, 0.717) is 27.8 Å². The fourth-order valence-electron chi connectivity index (χ4n) is 4.11. The number of hydrogen-bond acceptors (Lipinski definition) is 6. The van der Waals surface area contributed by atoms with Gasteiger partial charge in [0.1, 0.15) is 24.1 Å². The van der Waals surface area contributed by atoms with Crippen molar-refractivity contribution >= 4 is 50.7 Å². The van der Waals surface area contributed by atoms with Gasteiger partial charge in [0.2, 0.25) is 11.8 Å². The molecule has 12 heteroatoms. The van der Waals surface area contributed by atoms with Crippen LogP contribution >= 0.6 is 23.2 Å². The lowest BCUT2D eigenvalue weighted by molar-refractivity contribution is -0.139. The first-order valence-electron chi connectivity index (χ1n) is 13.3. The maximum absolute atomic E-state index is 14.1. The molecule has 226 valence electrons. The van der Waals surface area contributed by atoms with Gasteiger partial charge >= 0.3 is 0 Å². The van der Waals surface area contributed by atoms with E-state index < -0.39 is 28.5 Å². The quantitative estimate of drug-likeness (QED) is 0.264. The largest absolute Gasteiger partial charge is 0.497 e. The van der Waals surface area contributed by atoms with E-state index in [1.165, 1.54) is 43.4 Å². The third kappa shape index (κ3) is 7.87. The number of rotatable bonds is 13. The minimum Gasteiger partial charge on any atom is -0.497 e. The van der Waals surface area contributed by atoms with E-state index >= 15 is 0 Å². The summed E-state index contributed by atoms with van der Waals surface area (Å²) in [6, 6.07) is 16.1. The van der Waals surface area contributed by atoms with Gasteiger partial charge in [0.25, 0.3) is 10.0 Å². The number of halogens is 2. The molecule has 0 radical (unpaired) electrons. The number of sulfonamides is 1. The lowest BCUT2D eigenvalue weighted by atomic mass is 10.1. The van der Waals surface area contributed by atoms with Gasteiger partial charge in [0.15, 0.2) is 0 Å². The van der Waals surface area contributed by atoms with Crippen LogP contribution in [-0.2, 0) is 26.2 Å². The molecule has 42 heavy (non-hydrogen) atoms. The first-order valence-corrected chi connectivity index (χ1v) is 15.5. The van der Waals surface area contributed by atoms with E-state index in [1.807, 2.05) is 13.8 Å². The van der Waals surface area contributed by atoms with Gasteiger partial charge in [-0.2, -0.15) is 0 Å². The van der Waals surface area contributed by atoms with Crippen LogP contribution < -0.4 is 19.1 Å². The zero-order valence-electron chi connectivity index (χ0n) is 24.1. The molecule has 3 aromatic carbocycles. The molecule has 0 aromatic heterocycles. The van der Waals surface area contributed by atoms with Gasteiger partial charge in [0, 0.05) is 22.6 Å². The number of anilines is 1. The molecule has 3 rings (SSSR count). The molecule has 0 aliphatic carbocycles. The van der Waals surface area contributed by atoms with E-state index in [-0.39, 0.29) is 34.8 Å². The van der Waals surface area contributed by atoms with Crippen molar-refractivity contribution < 1.29 is 27.5 Å². The van der Waals surface area contributed by atoms with Crippen LogP contribution in [-0.4, -0.2) is 58.0 Å². The van der Waals surface area contributed by atoms with Crippen molar-refractivity contribution in [1.29, 1.82) is 0 Å². The molecule has 9 nitrogen and oxygen atoms in total. The van der Waals surface area contributed by atoms with Gasteiger partial charge in [-0.05, 0) is 74.4 Å². The number of para-hydroxylation sites is 2. The Kier molecular flexibility index (Phi) is 11.5. The summed E-state index contributed by atoms with van der Waals surface area (Å²) in [5, 5.41) is 3.62. The molecular weight excluding hydrogens is 601 g/mol. The average molecular weight is 637 g/mol. The first-order chi connectivity index (χ1) is 19.9. The van der Waals surface area contributed by atoms with E-state index in [9.17, 15) is 18.0 Å². The lowest BCUT2D eigenvalue weighted by Gasteiger charge is -2.33. The Balaban J connectivity index is 2.09. The van der Waals surface area contributed by atoms with Crippen LogP contribution in [0.2, 0.25) is 10.0 Å². The van der Waals surface area contributed by atoms with Gasteiger partial charge in [-0.1, -0.05) is 48.3 Å². The highest BCUT2D eigenvalue weighted by Crippen LogP contribution is 2.33. The number of benzene rings is 3. The van der Waals surface area contributed by atoms with Crippen molar-refractivity contribution in [1.82, 2.24) is 10.2 Å². The second-order valence-electron chi connectivity index (χ2n) is 9.61. The molecule has 0 bridgehead atoms. The lowest BCUT2D eigenvalue weighted by Crippen LogP contribution is -2.52. The van der Waals surface area contributed by atoms with E-state index in [0.717, 1.165) is 4.31 Å². The van der Waals surface area contributed by atoms with Crippen molar-refractivity contribution in [3.8, 4) is 11.5 Å². The number of hydrogen-bond donors (Lipinski definition) is 1. The fraction of sp³-hybridized carbons (Fsp3) is 0.333. The molecule has 0 spiro atoms. The Morgan fingerprint density at radius 1 is 0.952 bits per heavy atom. The molecule has 0 saturated heterocycles. The van der Waals surface area contributed by atoms with Crippen LogP contribution in [0.1, 0.15) is 32.8 Å². The first kappa shape index (κ1) is 33.0. The predicted octanol–water partition coefficient (Wildman–Crippen LogP) is 5.54. The Hall–Kier alpha value is -3.47. The van der Waals surface area contributed by atoms with Gasteiger partial charge in [0.05, 0.1) is 24.8 Å². The van der Waals surface area contributed by atoms with Gasteiger partial charge < -0.3 is 19.7 Å². The Labute approximate surface area is 257 Å². The Bertz CT molecular complexity index is 1500. The van der Waals surface area contributed by atoms with Crippen LogP contribution in [0.5, 0.6) is 11.5 Å². The zero-order chi connectivity index (χ0) is 31.0. The molecule has 0 aliphatic heterocycles. The minimum atomic E-state index is -4.29. The molecule has 0 fully saturated rings. The molecule has 2 amide bonds. The summed E-state index contributed by atoms with van der Waals surface area (Å²) in [6.45, 7) is 4.69. The molecule has 0 unspecified atom stereocenters. The van der Waals surface area contributed by atoms with Crippen LogP contribution in [0.3, 0.4) is 0 Å². The number of carbonyl (C=O) groups is 2. The number of nitrogens with zero attached hydrogens (tertiary/aromatic N) is 2. The molecule has 0 heterocycles. The summed E-state index contributed by atoms with van der Waals surface area (Å²) in [5.74, 6) is -0.293. The number of methoxy groups -OCH3 is 2. The van der Waals surface area contributed by atoms with Crippen LogP contribution in [0.25, 0.3) is 0 Å². The highest BCUT2D eigenvalue weighted by molar-refractivity contribution is 7.92. The van der Waals surface area contributed by atoms with E-state index in [1.54, 1.807) is 49.4 Å². The van der Waals surface area contributed by atoms with E-state index in [2.05, 4.69) is 5.32 Å². The summed E-state index contributed by atoms with van der Waals surface area (Å²) >= 11 is 12.5. The van der Waals surface area contributed by atoms with Gasteiger partial charge in [-0.25, -0.2) is 8.42 Å². The molecule has 1 N–H and O–H groups in total. The third-order valence-electron chi connectivity index (χ3n) is 6.80. The SMILES string of the molecule is CC[C@H](C)NC(=O)[C@H](C)N(Cc1ccc(Cl)cc1Cl)C(=O)CN(c1ccccc1OC)S(=O)(=O)c1ccc(OC)cc1. The smallest absolute Gasteiger partial charge is 0.264 e. The van der Waals surface area contributed by atoms with Gasteiger partial charge in [-0.15, -0.1) is 0 Å². The summed E-state index contributed by atoms with van der Waals surface area (Å²) in [7, 11) is -1.40. The summed E-state index contributed by atoms with van der Waals surface area (Å²) in [6.07, 6.45) is 0.692. The number of nitrogens with one attached hydrogen (secondary N) is 1. The normalized spacial score (nSPS) is 12.6. The highest BCUT2D eigenvalue weighted by atomic mass is 35.5. The summed E-state index contributed by atoms with van der Waals surface area (Å²) in [4.78, 5) is 28.5. The van der Waals surface area contributed by atoms with Crippen LogP contribution in [0.4, 0.5) is 5.69 Å².